The summed E-state index contributed by atoms with van der Waals surface area (Å²) in [5.74, 6) is 0.798. The van der Waals surface area contributed by atoms with Gasteiger partial charge >= 0.3 is 0 Å². The van der Waals surface area contributed by atoms with E-state index in [0.717, 1.165) is 37.8 Å². The second-order valence-electron chi connectivity index (χ2n) is 6.34. The molecule has 3 heteroatoms. The Balaban J connectivity index is 1.53. The van der Waals surface area contributed by atoms with Crippen molar-refractivity contribution in [3.8, 4) is 0 Å². The van der Waals surface area contributed by atoms with Crippen molar-refractivity contribution >= 4 is 0 Å². The van der Waals surface area contributed by atoms with Crippen LogP contribution in [0.25, 0.3) is 0 Å². The van der Waals surface area contributed by atoms with Gasteiger partial charge in [-0.15, -0.1) is 0 Å². The minimum atomic E-state index is 0.599. The minimum absolute atomic E-state index is 0.599. The quantitative estimate of drug-likeness (QED) is 0.807. The van der Waals surface area contributed by atoms with Crippen LogP contribution in [-0.2, 0) is 4.74 Å². The van der Waals surface area contributed by atoms with Crippen molar-refractivity contribution in [3.05, 3.63) is 0 Å². The van der Waals surface area contributed by atoms with E-state index in [9.17, 15) is 0 Å². The summed E-state index contributed by atoms with van der Waals surface area (Å²) < 4.78 is 5.64. The largest absolute Gasteiger partial charge is 0.379 e. The van der Waals surface area contributed by atoms with Crippen molar-refractivity contribution in [1.29, 1.82) is 0 Å². The number of hydrogen-bond acceptors (Lipinski definition) is 3. The number of hydrogen-bond donors (Lipinski definition) is 2. The van der Waals surface area contributed by atoms with Gasteiger partial charge in [0.1, 0.15) is 0 Å². The molecular formula is C15H28N2O. The van der Waals surface area contributed by atoms with Gasteiger partial charge in [0.15, 0.2) is 0 Å². The topological polar surface area (TPSA) is 33.3 Å². The van der Waals surface area contributed by atoms with Crippen LogP contribution in [0.15, 0.2) is 0 Å². The molecular weight excluding hydrogens is 224 g/mol. The number of rotatable bonds is 3. The second kappa shape index (κ2) is 6.36. The molecule has 0 bridgehead atoms. The summed E-state index contributed by atoms with van der Waals surface area (Å²) in [7, 11) is 0. The molecule has 3 atom stereocenters. The molecule has 1 saturated heterocycles. The van der Waals surface area contributed by atoms with Gasteiger partial charge in [-0.25, -0.2) is 0 Å². The van der Waals surface area contributed by atoms with Crippen molar-refractivity contribution in [2.75, 3.05) is 19.8 Å². The minimum Gasteiger partial charge on any atom is -0.379 e. The fourth-order valence-electron chi connectivity index (χ4n) is 4.11. The normalized spacial score (nSPS) is 39.0. The molecule has 0 radical (unpaired) electrons. The molecule has 3 aliphatic rings. The Morgan fingerprint density at radius 1 is 0.944 bits per heavy atom. The lowest BCUT2D eigenvalue weighted by Gasteiger charge is -2.35. The fraction of sp³-hybridized carbons (Fsp3) is 1.00. The van der Waals surface area contributed by atoms with E-state index in [2.05, 4.69) is 10.6 Å². The van der Waals surface area contributed by atoms with Crippen molar-refractivity contribution < 1.29 is 4.74 Å². The zero-order valence-corrected chi connectivity index (χ0v) is 11.5. The van der Waals surface area contributed by atoms with E-state index in [1.165, 1.54) is 51.4 Å². The fourth-order valence-corrected chi connectivity index (χ4v) is 4.11. The molecule has 0 aromatic rings. The van der Waals surface area contributed by atoms with Gasteiger partial charge in [0.25, 0.3) is 0 Å². The molecule has 2 N–H and O–H groups in total. The molecule has 0 spiro atoms. The molecule has 0 aromatic carbocycles. The third-order valence-corrected chi connectivity index (χ3v) is 5.09. The Labute approximate surface area is 111 Å². The van der Waals surface area contributed by atoms with Crippen LogP contribution in [0.3, 0.4) is 0 Å². The Bertz CT molecular complexity index is 247. The van der Waals surface area contributed by atoms with E-state index >= 15 is 0 Å². The average molecular weight is 252 g/mol. The lowest BCUT2D eigenvalue weighted by atomic mass is 9.90. The van der Waals surface area contributed by atoms with E-state index in [1.54, 1.807) is 0 Å². The Hall–Kier alpha value is -0.120. The maximum atomic E-state index is 5.64. The summed E-state index contributed by atoms with van der Waals surface area (Å²) in [6.45, 7) is 2.86. The molecule has 3 unspecified atom stereocenters. The van der Waals surface area contributed by atoms with Crippen LogP contribution in [0.2, 0.25) is 0 Å². The van der Waals surface area contributed by atoms with Gasteiger partial charge in [-0.1, -0.05) is 25.7 Å². The summed E-state index contributed by atoms with van der Waals surface area (Å²) in [5, 5.41) is 7.63. The lowest BCUT2D eigenvalue weighted by molar-refractivity contribution is 0.0512. The van der Waals surface area contributed by atoms with E-state index < -0.39 is 0 Å². The van der Waals surface area contributed by atoms with Crippen molar-refractivity contribution in [1.82, 2.24) is 10.6 Å². The van der Waals surface area contributed by atoms with Crippen LogP contribution in [0.1, 0.15) is 51.4 Å². The van der Waals surface area contributed by atoms with Gasteiger partial charge in [0.05, 0.1) is 13.2 Å². The first-order valence-corrected chi connectivity index (χ1v) is 8.00. The average Bonchev–Trinajstić information content (AvgIpc) is 2.89. The molecule has 2 saturated carbocycles. The van der Waals surface area contributed by atoms with Crippen LogP contribution in [0, 0.1) is 5.92 Å². The van der Waals surface area contributed by atoms with E-state index in [0.29, 0.717) is 6.04 Å². The van der Waals surface area contributed by atoms with Gasteiger partial charge in [0.2, 0.25) is 0 Å². The molecule has 0 amide bonds. The van der Waals surface area contributed by atoms with Gasteiger partial charge in [-0.3, -0.25) is 0 Å². The summed E-state index contributed by atoms with van der Waals surface area (Å²) in [6.07, 6.45) is 11.3. The number of morpholine rings is 1. The summed E-state index contributed by atoms with van der Waals surface area (Å²) in [5.41, 5.74) is 0. The Morgan fingerprint density at radius 3 is 2.61 bits per heavy atom. The summed E-state index contributed by atoms with van der Waals surface area (Å²) >= 11 is 0. The highest BCUT2D eigenvalue weighted by molar-refractivity contribution is 4.93. The predicted molar refractivity (Wildman–Crippen MR) is 73.7 cm³/mol. The molecule has 1 aliphatic heterocycles. The maximum Gasteiger partial charge on any atom is 0.0623 e. The second-order valence-corrected chi connectivity index (χ2v) is 6.34. The van der Waals surface area contributed by atoms with Crippen LogP contribution < -0.4 is 10.6 Å². The van der Waals surface area contributed by atoms with Gasteiger partial charge in [0, 0.05) is 24.7 Å². The highest BCUT2D eigenvalue weighted by atomic mass is 16.5. The van der Waals surface area contributed by atoms with Crippen molar-refractivity contribution in [2.24, 2.45) is 5.92 Å². The zero-order valence-electron chi connectivity index (χ0n) is 11.5. The molecule has 18 heavy (non-hydrogen) atoms. The van der Waals surface area contributed by atoms with Gasteiger partial charge in [-0.05, 0) is 31.6 Å². The maximum absolute atomic E-state index is 5.64. The first kappa shape index (κ1) is 12.9. The van der Waals surface area contributed by atoms with Crippen LogP contribution in [-0.4, -0.2) is 37.9 Å². The highest BCUT2D eigenvalue weighted by Crippen LogP contribution is 2.31. The molecule has 3 nitrogen and oxygen atoms in total. The monoisotopic (exact) mass is 252 g/mol. The molecule has 104 valence electrons. The molecule has 1 heterocycles. The predicted octanol–water partition coefficient (Wildman–Crippen LogP) is 2.07. The first-order valence-electron chi connectivity index (χ1n) is 8.00. The third kappa shape index (κ3) is 3.06. The smallest absolute Gasteiger partial charge is 0.0623 e. The molecule has 3 fully saturated rings. The highest BCUT2D eigenvalue weighted by Gasteiger charge is 2.35. The standard InChI is InChI=1S/C15H28N2O/c1-2-5-12(6-3-1)17-14-8-4-7-13(14)15-11-18-10-9-16-15/h12-17H,1-11H2. The lowest BCUT2D eigenvalue weighted by Crippen LogP contribution is -2.52. The van der Waals surface area contributed by atoms with Crippen LogP contribution in [0.4, 0.5) is 0 Å². The Kier molecular flexibility index (Phi) is 4.55. The zero-order chi connectivity index (χ0) is 12.2. The third-order valence-electron chi connectivity index (χ3n) is 5.09. The van der Waals surface area contributed by atoms with E-state index in [-0.39, 0.29) is 0 Å². The van der Waals surface area contributed by atoms with Crippen LogP contribution in [0.5, 0.6) is 0 Å². The van der Waals surface area contributed by atoms with Crippen molar-refractivity contribution in [2.45, 2.75) is 69.5 Å². The van der Waals surface area contributed by atoms with Crippen molar-refractivity contribution in [3.63, 3.8) is 0 Å². The Morgan fingerprint density at radius 2 is 1.83 bits per heavy atom. The van der Waals surface area contributed by atoms with E-state index in [4.69, 9.17) is 4.74 Å². The number of ether oxygens (including phenoxy) is 1. The molecule has 3 rings (SSSR count). The van der Waals surface area contributed by atoms with Gasteiger partial charge < -0.3 is 15.4 Å². The van der Waals surface area contributed by atoms with Gasteiger partial charge in [-0.2, -0.15) is 0 Å². The molecule has 2 aliphatic carbocycles. The number of nitrogens with one attached hydrogen (secondary N) is 2. The SMILES string of the molecule is C1CCC(NC2CCCC2C2COCCN2)CC1. The summed E-state index contributed by atoms with van der Waals surface area (Å²) in [6, 6.07) is 2.14. The van der Waals surface area contributed by atoms with E-state index in [1.807, 2.05) is 0 Å². The first-order chi connectivity index (χ1) is 8.93. The molecule has 0 aromatic heterocycles. The van der Waals surface area contributed by atoms with Crippen LogP contribution >= 0.6 is 0 Å². The summed E-state index contributed by atoms with van der Waals surface area (Å²) in [4.78, 5) is 0.